The Morgan fingerprint density at radius 3 is 2.44 bits per heavy atom. The molecule has 2 N–H and O–H groups in total. The zero-order valence-electron chi connectivity index (χ0n) is 14.7. The number of nitrogens with one attached hydrogen (secondary N) is 2. The second-order valence-corrected chi connectivity index (χ2v) is 6.44. The van der Waals surface area contributed by atoms with Crippen LogP contribution in [0.2, 0.25) is 5.02 Å². The van der Waals surface area contributed by atoms with E-state index in [-0.39, 0.29) is 23.0 Å². The first-order valence-electron chi connectivity index (χ1n) is 8.25. The number of benzene rings is 2. The SMILES string of the molecule is C=C(CCNC(=O)c1ccc(Cl)cc1F)[C@H](C)C(=O)Nc1ccc(F)cc1. The summed E-state index contributed by atoms with van der Waals surface area (Å²) in [4.78, 5) is 24.2. The molecule has 0 radical (unpaired) electrons. The van der Waals surface area contributed by atoms with Crippen molar-refractivity contribution in [2.45, 2.75) is 13.3 Å². The van der Waals surface area contributed by atoms with Crippen molar-refractivity contribution in [2.24, 2.45) is 5.92 Å². The molecule has 7 heteroatoms. The van der Waals surface area contributed by atoms with Gasteiger partial charge in [0, 0.05) is 17.3 Å². The summed E-state index contributed by atoms with van der Waals surface area (Å²) in [6.07, 6.45) is 0.346. The van der Waals surface area contributed by atoms with E-state index in [2.05, 4.69) is 17.2 Å². The van der Waals surface area contributed by atoms with E-state index in [1.165, 1.54) is 36.4 Å². The van der Waals surface area contributed by atoms with Crippen LogP contribution in [-0.4, -0.2) is 18.4 Å². The van der Waals surface area contributed by atoms with Crippen LogP contribution < -0.4 is 10.6 Å². The normalized spacial score (nSPS) is 11.6. The maximum absolute atomic E-state index is 13.7. The van der Waals surface area contributed by atoms with Gasteiger partial charge in [0.25, 0.3) is 5.91 Å². The Bertz CT molecular complexity index is 854. The van der Waals surface area contributed by atoms with E-state index in [1.807, 2.05) is 0 Å². The van der Waals surface area contributed by atoms with Crippen LogP contribution in [-0.2, 0) is 4.79 Å². The lowest BCUT2D eigenvalue weighted by molar-refractivity contribution is -0.118. The van der Waals surface area contributed by atoms with E-state index in [0.717, 1.165) is 6.07 Å². The fraction of sp³-hybridized carbons (Fsp3) is 0.200. The first kappa shape index (κ1) is 20.6. The minimum absolute atomic E-state index is 0.105. The van der Waals surface area contributed by atoms with Crippen molar-refractivity contribution in [3.63, 3.8) is 0 Å². The predicted molar refractivity (Wildman–Crippen MR) is 102 cm³/mol. The second kappa shape index (κ2) is 9.28. The van der Waals surface area contributed by atoms with Gasteiger partial charge >= 0.3 is 0 Å². The second-order valence-electron chi connectivity index (χ2n) is 6.01. The predicted octanol–water partition coefficient (Wildman–Crippen LogP) is 4.57. The molecule has 0 saturated heterocycles. The zero-order valence-corrected chi connectivity index (χ0v) is 15.4. The van der Waals surface area contributed by atoms with Gasteiger partial charge in [0.15, 0.2) is 0 Å². The van der Waals surface area contributed by atoms with Gasteiger partial charge in [-0.3, -0.25) is 9.59 Å². The number of anilines is 1. The lowest BCUT2D eigenvalue weighted by atomic mass is 9.98. The zero-order chi connectivity index (χ0) is 20.0. The maximum Gasteiger partial charge on any atom is 0.254 e. The fourth-order valence-electron chi connectivity index (χ4n) is 2.29. The average molecular weight is 393 g/mol. The third kappa shape index (κ3) is 5.89. The standard InChI is InChI=1S/C20H19ClF2N2O2/c1-12(13(2)19(26)25-16-6-4-15(22)5-7-16)9-10-24-20(27)17-8-3-14(21)11-18(17)23/h3-8,11,13H,1,9-10H2,2H3,(H,24,27)(H,25,26)/t13-/m0/s1. The molecule has 0 bridgehead atoms. The van der Waals surface area contributed by atoms with E-state index in [9.17, 15) is 18.4 Å². The molecule has 0 fully saturated rings. The van der Waals surface area contributed by atoms with Crippen LogP contribution in [0.5, 0.6) is 0 Å². The smallest absolute Gasteiger partial charge is 0.254 e. The number of hydrogen-bond donors (Lipinski definition) is 2. The Balaban J connectivity index is 1.82. The number of amides is 2. The van der Waals surface area contributed by atoms with Crippen molar-refractivity contribution in [3.8, 4) is 0 Å². The van der Waals surface area contributed by atoms with Crippen LogP contribution in [0.25, 0.3) is 0 Å². The number of carbonyl (C=O) groups excluding carboxylic acids is 2. The van der Waals surface area contributed by atoms with E-state index in [0.29, 0.717) is 17.7 Å². The Kier molecular flexibility index (Phi) is 7.07. The topological polar surface area (TPSA) is 58.2 Å². The Morgan fingerprint density at radius 1 is 1.15 bits per heavy atom. The van der Waals surface area contributed by atoms with Crippen molar-refractivity contribution in [1.29, 1.82) is 0 Å². The maximum atomic E-state index is 13.7. The van der Waals surface area contributed by atoms with Crippen LogP contribution in [0.15, 0.2) is 54.6 Å². The highest BCUT2D eigenvalue weighted by molar-refractivity contribution is 6.30. The highest BCUT2D eigenvalue weighted by Gasteiger charge is 2.17. The molecule has 27 heavy (non-hydrogen) atoms. The molecular formula is C20H19ClF2N2O2. The van der Waals surface area contributed by atoms with Gasteiger partial charge in [-0.05, 0) is 55.8 Å². The van der Waals surface area contributed by atoms with Crippen LogP contribution in [0.1, 0.15) is 23.7 Å². The fourth-order valence-corrected chi connectivity index (χ4v) is 2.45. The van der Waals surface area contributed by atoms with Crippen LogP contribution >= 0.6 is 11.6 Å². The molecule has 0 spiro atoms. The number of carbonyl (C=O) groups is 2. The first-order valence-corrected chi connectivity index (χ1v) is 8.63. The third-order valence-electron chi connectivity index (χ3n) is 4.02. The van der Waals surface area contributed by atoms with E-state index in [4.69, 9.17) is 11.6 Å². The number of halogens is 3. The molecule has 0 unspecified atom stereocenters. The molecule has 0 heterocycles. The summed E-state index contributed by atoms with van der Waals surface area (Å²) in [6, 6.07) is 9.23. The summed E-state index contributed by atoms with van der Waals surface area (Å²) in [5.74, 6) is -2.47. The molecule has 0 aliphatic carbocycles. The van der Waals surface area contributed by atoms with Gasteiger partial charge in [-0.2, -0.15) is 0 Å². The Morgan fingerprint density at radius 2 is 1.81 bits per heavy atom. The Labute approximate surface area is 161 Å². The van der Waals surface area contributed by atoms with Gasteiger partial charge in [-0.25, -0.2) is 8.78 Å². The number of hydrogen-bond acceptors (Lipinski definition) is 2. The minimum atomic E-state index is -0.703. The van der Waals surface area contributed by atoms with Crippen LogP contribution in [0.3, 0.4) is 0 Å². The molecule has 0 aromatic heterocycles. The van der Waals surface area contributed by atoms with Crippen molar-refractivity contribution in [2.75, 3.05) is 11.9 Å². The summed E-state index contributed by atoms with van der Waals surface area (Å²) in [7, 11) is 0. The molecule has 0 aliphatic heterocycles. The van der Waals surface area contributed by atoms with Gasteiger partial charge in [0.1, 0.15) is 11.6 Å². The van der Waals surface area contributed by atoms with E-state index < -0.39 is 23.5 Å². The monoisotopic (exact) mass is 392 g/mol. The first-order chi connectivity index (χ1) is 12.8. The molecular weight excluding hydrogens is 374 g/mol. The molecule has 4 nitrogen and oxygen atoms in total. The molecule has 142 valence electrons. The van der Waals surface area contributed by atoms with Crippen molar-refractivity contribution in [1.82, 2.24) is 5.32 Å². The summed E-state index contributed by atoms with van der Waals surface area (Å²) in [5.41, 5.74) is 0.978. The molecule has 2 rings (SSSR count). The summed E-state index contributed by atoms with van der Waals surface area (Å²) < 4.78 is 26.6. The van der Waals surface area contributed by atoms with Crippen molar-refractivity contribution in [3.05, 3.63) is 76.8 Å². The highest BCUT2D eigenvalue weighted by atomic mass is 35.5. The molecule has 0 saturated carbocycles. The molecule has 2 amide bonds. The molecule has 2 aromatic carbocycles. The molecule has 0 aliphatic rings. The van der Waals surface area contributed by atoms with Gasteiger partial charge in [0.2, 0.25) is 5.91 Å². The lowest BCUT2D eigenvalue weighted by Gasteiger charge is -2.15. The largest absolute Gasteiger partial charge is 0.352 e. The van der Waals surface area contributed by atoms with Crippen molar-refractivity contribution >= 4 is 29.1 Å². The third-order valence-corrected chi connectivity index (χ3v) is 4.26. The highest BCUT2D eigenvalue weighted by Crippen LogP contribution is 2.17. The van der Waals surface area contributed by atoms with Gasteiger partial charge in [-0.1, -0.05) is 23.8 Å². The van der Waals surface area contributed by atoms with Gasteiger partial charge in [0.05, 0.1) is 11.5 Å². The van der Waals surface area contributed by atoms with Gasteiger partial charge < -0.3 is 10.6 Å². The summed E-state index contributed by atoms with van der Waals surface area (Å²) in [5, 5.41) is 5.46. The van der Waals surface area contributed by atoms with E-state index >= 15 is 0 Å². The quantitative estimate of drug-likeness (QED) is 0.678. The lowest BCUT2D eigenvalue weighted by Crippen LogP contribution is -2.27. The van der Waals surface area contributed by atoms with E-state index in [1.54, 1.807) is 6.92 Å². The molecule has 2 aromatic rings. The Hall–Kier alpha value is -2.73. The van der Waals surface area contributed by atoms with Crippen LogP contribution in [0.4, 0.5) is 14.5 Å². The average Bonchev–Trinajstić information content (AvgIpc) is 2.62. The number of rotatable bonds is 7. The van der Waals surface area contributed by atoms with Gasteiger partial charge in [-0.15, -0.1) is 0 Å². The summed E-state index contributed by atoms with van der Waals surface area (Å²) in [6.45, 7) is 5.75. The molecule has 1 atom stereocenters. The minimum Gasteiger partial charge on any atom is -0.352 e. The summed E-state index contributed by atoms with van der Waals surface area (Å²) >= 11 is 5.66. The van der Waals surface area contributed by atoms with Crippen molar-refractivity contribution < 1.29 is 18.4 Å². The van der Waals surface area contributed by atoms with Crippen LogP contribution in [0, 0.1) is 17.6 Å².